The molecule has 1 aromatic heterocycles. The Bertz CT molecular complexity index is 600. The number of hydrogen-bond acceptors (Lipinski definition) is 4. The first-order valence-electron chi connectivity index (χ1n) is 8.25. The first-order valence-corrected chi connectivity index (χ1v) is 9.13. The molecule has 0 aliphatic carbocycles. The van der Waals surface area contributed by atoms with E-state index in [4.69, 9.17) is 0 Å². The van der Waals surface area contributed by atoms with Crippen LogP contribution in [0.2, 0.25) is 0 Å². The predicted molar refractivity (Wildman–Crippen MR) is 93.8 cm³/mol. The molecule has 4 amide bonds. The molecule has 0 unspecified atom stereocenters. The fourth-order valence-corrected chi connectivity index (χ4v) is 3.33. The minimum atomic E-state index is -0.904. The summed E-state index contributed by atoms with van der Waals surface area (Å²) in [6.07, 6.45) is 2.16. The van der Waals surface area contributed by atoms with Crippen molar-refractivity contribution >= 4 is 29.2 Å². The highest BCUT2D eigenvalue weighted by molar-refractivity contribution is 7.09. The lowest BCUT2D eigenvalue weighted by Gasteiger charge is -2.22. The molecular formula is C17H25N3O3S. The zero-order valence-corrected chi connectivity index (χ0v) is 15.2. The second kappa shape index (κ2) is 7.79. The van der Waals surface area contributed by atoms with E-state index in [1.807, 2.05) is 17.5 Å². The Hall–Kier alpha value is -1.89. The molecule has 1 aromatic rings. The van der Waals surface area contributed by atoms with Crippen molar-refractivity contribution in [3.05, 3.63) is 22.4 Å². The maximum absolute atomic E-state index is 12.5. The van der Waals surface area contributed by atoms with Crippen molar-refractivity contribution in [2.24, 2.45) is 5.92 Å². The minimum absolute atomic E-state index is 0.230. The summed E-state index contributed by atoms with van der Waals surface area (Å²) in [5.41, 5.74) is -0.904. The number of thiophene rings is 1. The van der Waals surface area contributed by atoms with Gasteiger partial charge < -0.3 is 10.6 Å². The first-order chi connectivity index (χ1) is 11.3. The number of carbonyl (C=O) groups is 3. The summed E-state index contributed by atoms with van der Waals surface area (Å²) in [5.74, 6) is -0.189. The molecule has 2 heterocycles. The number of rotatable bonds is 8. The number of urea groups is 1. The van der Waals surface area contributed by atoms with Crippen molar-refractivity contribution in [1.29, 1.82) is 0 Å². The summed E-state index contributed by atoms with van der Waals surface area (Å²) in [4.78, 5) is 38.8. The van der Waals surface area contributed by atoms with Crippen molar-refractivity contribution in [3.63, 3.8) is 0 Å². The second-order valence-corrected chi connectivity index (χ2v) is 7.80. The molecular weight excluding hydrogens is 326 g/mol. The van der Waals surface area contributed by atoms with Gasteiger partial charge in [0.1, 0.15) is 12.1 Å². The molecule has 132 valence electrons. The standard InChI is InChI=1S/C17H25N3O3S/c1-12(2)6-8-17(3)15(22)20(16(23)19-17)11-14(21)18-9-7-13-5-4-10-24-13/h4-5,10,12H,6-9,11H2,1-3H3,(H,18,21)(H,19,23)/t17-/m0/s1. The van der Waals surface area contributed by atoms with Gasteiger partial charge in [-0.15, -0.1) is 11.3 Å². The van der Waals surface area contributed by atoms with Crippen molar-refractivity contribution in [3.8, 4) is 0 Å². The number of nitrogens with zero attached hydrogens (tertiary/aromatic N) is 1. The summed E-state index contributed by atoms with van der Waals surface area (Å²) in [6.45, 7) is 6.14. The fourth-order valence-electron chi connectivity index (χ4n) is 2.62. The van der Waals surface area contributed by atoms with Crippen LogP contribution in [0.5, 0.6) is 0 Å². The van der Waals surface area contributed by atoms with Gasteiger partial charge in [0.25, 0.3) is 5.91 Å². The Kier molecular flexibility index (Phi) is 5.99. The zero-order valence-electron chi connectivity index (χ0n) is 14.4. The average Bonchev–Trinajstić information content (AvgIpc) is 3.09. The van der Waals surface area contributed by atoms with Gasteiger partial charge in [-0.1, -0.05) is 19.9 Å². The third kappa shape index (κ3) is 4.56. The maximum atomic E-state index is 12.5. The van der Waals surface area contributed by atoms with E-state index in [2.05, 4.69) is 24.5 Å². The molecule has 1 atom stereocenters. The monoisotopic (exact) mass is 351 g/mol. The van der Waals surface area contributed by atoms with E-state index in [9.17, 15) is 14.4 Å². The molecule has 0 bridgehead atoms. The third-order valence-corrected chi connectivity index (χ3v) is 5.08. The Morgan fingerprint density at radius 1 is 1.42 bits per heavy atom. The van der Waals surface area contributed by atoms with Crippen LogP contribution in [0, 0.1) is 5.92 Å². The Balaban J connectivity index is 1.83. The number of carbonyl (C=O) groups excluding carboxylic acids is 3. The third-order valence-electron chi connectivity index (χ3n) is 4.14. The summed E-state index contributed by atoms with van der Waals surface area (Å²) in [6, 6.07) is 3.49. The minimum Gasteiger partial charge on any atom is -0.354 e. The second-order valence-electron chi connectivity index (χ2n) is 6.77. The van der Waals surface area contributed by atoms with Gasteiger partial charge in [-0.25, -0.2) is 4.79 Å². The number of nitrogens with one attached hydrogen (secondary N) is 2. The van der Waals surface area contributed by atoms with Crippen LogP contribution >= 0.6 is 11.3 Å². The number of amides is 4. The lowest BCUT2D eigenvalue weighted by atomic mass is 9.92. The quantitative estimate of drug-likeness (QED) is 0.705. The van der Waals surface area contributed by atoms with E-state index in [-0.39, 0.29) is 18.4 Å². The summed E-state index contributed by atoms with van der Waals surface area (Å²) in [5, 5.41) is 7.48. The Morgan fingerprint density at radius 2 is 2.17 bits per heavy atom. The molecule has 0 spiro atoms. The van der Waals surface area contributed by atoms with Crippen LogP contribution < -0.4 is 10.6 Å². The van der Waals surface area contributed by atoms with Gasteiger partial charge in [-0.2, -0.15) is 0 Å². The van der Waals surface area contributed by atoms with Crippen LogP contribution in [-0.4, -0.2) is 41.4 Å². The van der Waals surface area contributed by atoms with Crippen LogP contribution in [0.3, 0.4) is 0 Å². The molecule has 24 heavy (non-hydrogen) atoms. The summed E-state index contributed by atoms with van der Waals surface area (Å²) in [7, 11) is 0. The largest absolute Gasteiger partial charge is 0.354 e. The Morgan fingerprint density at radius 3 is 2.79 bits per heavy atom. The van der Waals surface area contributed by atoms with Crippen molar-refractivity contribution in [1.82, 2.24) is 15.5 Å². The molecule has 2 rings (SSSR count). The highest BCUT2D eigenvalue weighted by Crippen LogP contribution is 2.24. The summed E-state index contributed by atoms with van der Waals surface area (Å²) >= 11 is 1.64. The van der Waals surface area contributed by atoms with Gasteiger partial charge in [-0.05, 0) is 43.6 Å². The van der Waals surface area contributed by atoms with E-state index in [0.29, 0.717) is 18.9 Å². The number of imide groups is 1. The van der Waals surface area contributed by atoms with Gasteiger partial charge in [0.2, 0.25) is 5.91 Å². The van der Waals surface area contributed by atoms with Gasteiger partial charge in [0, 0.05) is 11.4 Å². The highest BCUT2D eigenvalue weighted by Gasteiger charge is 2.47. The Labute approximate surface area is 146 Å². The molecule has 0 saturated carbocycles. The zero-order chi connectivity index (χ0) is 17.7. The van der Waals surface area contributed by atoms with Crippen LogP contribution in [0.1, 0.15) is 38.5 Å². The van der Waals surface area contributed by atoms with E-state index >= 15 is 0 Å². The van der Waals surface area contributed by atoms with E-state index in [1.165, 1.54) is 4.88 Å². The normalized spacial score (nSPS) is 20.6. The number of hydrogen-bond donors (Lipinski definition) is 2. The van der Waals surface area contributed by atoms with Gasteiger partial charge in [0.15, 0.2) is 0 Å². The van der Waals surface area contributed by atoms with Crippen LogP contribution in [-0.2, 0) is 16.0 Å². The van der Waals surface area contributed by atoms with Crippen LogP contribution in [0.25, 0.3) is 0 Å². The lowest BCUT2D eigenvalue weighted by molar-refractivity contribution is -0.134. The van der Waals surface area contributed by atoms with Crippen molar-refractivity contribution in [2.45, 2.75) is 45.6 Å². The summed E-state index contributed by atoms with van der Waals surface area (Å²) < 4.78 is 0. The molecule has 2 N–H and O–H groups in total. The molecule has 0 radical (unpaired) electrons. The molecule has 0 aromatic carbocycles. The van der Waals surface area contributed by atoms with Gasteiger partial charge in [-0.3, -0.25) is 14.5 Å². The van der Waals surface area contributed by atoms with Gasteiger partial charge in [0.05, 0.1) is 0 Å². The maximum Gasteiger partial charge on any atom is 0.325 e. The van der Waals surface area contributed by atoms with Crippen LogP contribution in [0.4, 0.5) is 4.79 Å². The average molecular weight is 351 g/mol. The first kappa shape index (κ1) is 18.4. The van der Waals surface area contributed by atoms with Crippen LogP contribution in [0.15, 0.2) is 17.5 Å². The van der Waals surface area contributed by atoms with E-state index in [0.717, 1.165) is 17.7 Å². The molecule has 7 heteroatoms. The van der Waals surface area contributed by atoms with Crippen molar-refractivity contribution in [2.75, 3.05) is 13.1 Å². The smallest absolute Gasteiger partial charge is 0.325 e. The van der Waals surface area contributed by atoms with E-state index < -0.39 is 11.6 Å². The predicted octanol–water partition coefficient (Wildman–Crippen LogP) is 2.15. The molecule has 6 nitrogen and oxygen atoms in total. The highest BCUT2D eigenvalue weighted by atomic mass is 32.1. The van der Waals surface area contributed by atoms with Crippen molar-refractivity contribution < 1.29 is 14.4 Å². The van der Waals surface area contributed by atoms with Gasteiger partial charge >= 0.3 is 6.03 Å². The molecule has 1 saturated heterocycles. The molecule has 1 fully saturated rings. The molecule has 1 aliphatic rings. The molecule has 1 aliphatic heterocycles. The SMILES string of the molecule is CC(C)CC[C@]1(C)NC(=O)N(CC(=O)NCCc2cccs2)C1=O. The van der Waals surface area contributed by atoms with E-state index in [1.54, 1.807) is 18.3 Å². The fraction of sp³-hybridized carbons (Fsp3) is 0.588. The lowest BCUT2D eigenvalue weighted by Crippen LogP contribution is -2.45. The topological polar surface area (TPSA) is 78.5 Å².